The van der Waals surface area contributed by atoms with Crippen LogP contribution >= 0.6 is 0 Å². The number of aliphatic carboxylic acids is 1. The zero-order valence-corrected chi connectivity index (χ0v) is 17.4. The van der Waals surface area contributed by atoms with Gasteiger partial charge in [-0.05, 0) is 49.9 Å². The fourth-order valence-corrected chi connectivity index (χ4v) is 3.14. The van der Waals surface area contributed by atoms with Crippen molar-refractivity contribution >= 4 is 11.9 Å². The van der Waals surface area contributed by atoms with E-state index in [-0.39, 0.29) is 18.4 Å². The summed E-state index contributed by atoms with van der Waals surface area (Å²) in [6.07, 6.45) is 0.925. The highest BCUT2D eigenvalue weighted by molar-refractivity contribution is 5.87. The van der Waals surface area contributed by atoms with E-state index in [1.807, 2.05) is 50.2 Å². The van der Waals surface area contributed by atoms with E-state index in [0.29, 0.717) is 24.3 Å². The van der Waals surface area contributed by atoms with Crippen LogP contribution in [0.1, 0.15) is 37.8 Å². The first-order valence-corrected chi connectivity index (χ1v) is 9.57. The van der Waals surface area contributed by atoms with E-state index in [2.05, 4.69) is 5.32 Å². The summed E-state index contributed by atoms with van der Waals surface area (Å²) in [4.78, 5) is 24.2. The number of ether oxygens (including phenoxy) is 2. The molecule has 29 heavy (non-hydrogen) atoms. The highest BCUT2D eigenvalue weighted by atomic mass is 16.5. The predicted molar refractivity (Wildman–Crippen MR) is 112 cm³/mol. The van der Waals surface area contributed by atoms with Crippen LogP contribution < -0.4 is 14.8 Å². The molecule has 6 nitrogen and oxygen atoms in total. The van der Waals surface area contributed by atoms with Gasteiger partial charge in [-0.2, -0.15) is 0 Å². The lowest BCUT2D eigenvalue weighted by atomic mass is 9.83. The van der Waals surface area contributed by atoms with Crippen LogP contribution in [-0.2, 0) is 21.4 Å². The van der Waals surface area contributed by atoms with Crippen LogP contribution in [0.3, 0.4) is 0 Å². The molecule has 1 atom stereocenters. The Morgan fingerprint density at radius 2 is 1.69 bits per heavy atom. The molecule has 2 aromatic rings. The lowest BCUT2D eigenvalue weighted by Crippen LogP contribution is -2.46. The highest BCUT2D eigenvalue weighted by Crippen LogP contribution is 2.33. The quantitative estimate of drug-likeness (QED) is 0.638. The van der Waals surface area contributed by atoms with Crippen LogP contribution in [0.15, 0.2) is 48.5 Å². The third-order valence-corrected chi connectivity index (χ3v) is 5.04. The molecule has 0 heterocycles. The van der Waals surface area contributed by atoms with E-state index in [4.69, 9.17) is 14.6 Å². The highest BCUT2D eigenvalue weighted by Gasteiger charge is 2.32. The van der Waals surface area contributed by atoms with Gasteiger partial charge in [-0.1, -0.05) is 36.4 Å². The van der Waals surface area contributed by atoms with Crippen molar-refractivity contribution in [1.82, 2.24) is 5.32 Å². The van der Waals surface area contributed by atoms with Crippen LogP contribution in [-0.4, -0.2) is 37.2 Å². The van der Waals surface area contributed by atoms with Gasteiger partial charge in [0.05, 0.1) is 19.6 Å². The average molecular weight is 399 g/mol. The summed E-state index contributed by atoms with van der Waals surface area (Å²) in [7, 11) is 3.11. The third kappa shape index (κ3) is 5.98. The van der Waals surface area contributed by atoms with Gasteiger partial charge in [-0.15, -0.1) is 0 Å². The first-order chi connectivity index (χ1) is 13.8. The molecular weight excluding hydrogens is 370 g/mol. The van der Waals surface area contributed by atoms with Crippen LogP contribution in [0.2, 0.25) is 0 Å². The molecule has 0 saturated heterocycles. The fraction of sp³-hybridized carbons (Fsp3) is 0.391. The molecule has 0 aliphatic rings. The Labute approximate surface area is 171 Å². The van der Waals surface area contributed by atoms with Crippen LogP contribution in [0, 0.1) is 0 Å². The Morgan fingerprint density at radius 3 is 2.28 bits per heavy atom. The second-order valence-corrected chi connectivity index (χ2v) is 7.49. The van der Waals surface area contributed by atoms with Crippen molar-refractivity contribution in [2.45, 2.75) is 44.6 Å². The van der Waals surface area contributed by atoms with Crippen molar-refractivity contribution in [1.29, 1.82) is 0 Å². The Kier molecular flexibility index (Phi) is 7.65. The first kappa shape index (κ1) is 22.3. The lowest BCUT2D eigenvalue weighted by molar-refractivity contribution is -0.137. The molecule has 2 rings (SSSR count). The van der Waals surface area contributed by atoms with Crippen molar-refractivity contribution in [2.24, 2.45) is 0 Å². The van der Waals surface area contributed by atoms with Gasteiger partial charge in [0, 0.05) is 12.5 Å². The SMILES string of the molecule is COc1ccc(C(C)(C)C(=O)NC(CCC(=O)O)Cc2ccccc2)cc1OC. The molecule has 2 aromatic carbocycles. The molecule has 0 saturated carbocycles. The summed E-state index contributed by atoms with van der Waals surface area (Å²) in [5, 5.41) is 12.1. The molecule has 1 unspecified atom stereocenters. The average Bonchev–Trinajstić information content (AvgIpc) is 2.71. The van der Waals surface area contributed by atoms with Crippen molar-refractivity contribution in [3.63, 3.8) is 0 Å². The summed E-state index contributed by atoms with van der Waals surface area (Å²) in [6.45, 7) is 3.67. The Bertz CT molecular complexity index is 832. The van der Waals surface area contributed by atoms with E-state index in [1.54, 1.807) is 26.4 Å². The number of methoxy groups -OCH3 is 2. The van der Waals surface area contributed by atoms with Crippen molar-refractivity contribution < 1.29 is 24.2 Å². The summed E-state index contributed by atoms with van der Waals surface area (Å²) < 4.78 is 10.6. The zero-order chi connectivity index (χ0) is 21.4. The third-order valence-electron chi connectivity index (χ3n) is 5.04. The zero-order valence-electron chi connectivity index (χ0n) is 17.4. The maximum absolute atomic E-state index is 13.1. The van der Waals surface area contributed by atoms with Crippen LogP contribution in [0.4, 0.5) is 0 Å². The lowest BCUT2D eigenvalue weighted by Gasteiger charge is -2.28. The van der Waals surface area contributed by atoms with E-state index >= 15 is 0 Å². The summed E-state index contributed by atoms with van der Waals surface area (Å²) in [5.41, 5.74) is 0.994. The minimum absolute atomic E-state index is 0.00539. The molecule has 156 valence electrons. The Balaban J connectivity index is 2.20. The second kappa shape index (κ2) is 9.96. The first-order valence-electron chi connectivity index (χ1n) is 9.57. The van der Waals surface area contributed by atoms with Gasteiger partial charge in [0.25, 0.3) is 0 Å². The topological polar surface area (TPSA) is 84.9 Å². The number of rotatable bonds is 10. The summed E-state index contributed by atoms with van der Waals surface area (Å²) >= 11 is 0. The van der Waals surface area contributed by atoms with Gasteiger partial charge < -0.3 is 19.9 Å². The molecule has 6 heteroatoms. The smallest absolute Gasteiger partial charge is 0.303 e. The van der Waals surface area contributed by atoms with E-state index in [0.717, 1.165) is 11.1 Å². The van der Waals surface area contributed by atoms with E-state index in [1.165, 1.54) is 0 Å². The molecule has 0 aromatic heterocycles. The van der Waals surface area contributed by atoms with Crippen LogP contribution in [0.25, 0.3) is 0 Å². The molecule has 0 aliphatic heterocycles. The van der Waals surface area contributed by atoms with Gasteiger partial charge in [0.15, 0.2) is 11.5 Å². The maximum Gasteiger partial charge on any atom is 0.303 e. The van der Waals surface area contributed by atoms with Crippen molar-refractivity contribution in [2.75, 3.05) is 14.2 Å². The largest absolute Gasteiger partial charge is 0.493 e. The monoisotopic (exact) mass is 399 g/mol. The molecule has 0 radical (unpaired) electrons. The number of nitrogens with one attached hydrogen (secondary N) is 1. The number of hydrogen-bond donors (Lipinski definition) is 2. The number of amides is 1. The maximum atomic E-state index is 13.1. The van der Waals surface area contributed by atoms with E-state index in [9.17, 15) is 9.59 Å². The minimum atomic E-state index is -0.878. The molecule has 0 fully saturated rings. The Morgan fingerprint density at radius 1 is 1.03 bits per heavy atom. The normalized spacial score (nSPS) is 12.1. The van der Waals surface area contributed by atoms with Crippen LogP contribution in [0.5, 0.6) is 11.5 Å². The standard InChI is InChI=1S/C23H29NO5/c1-23(2,17-10-12-19(28-3)20(15-17)29-4)22(27)24-18(11-13-21(25)26)14-16-8-6-5-7-9-16/h5-10,12,15,18H,11,13-14H2,1-4H3,(H,24,27)(H,25,26). The van der Waals surface area contributed by atoms with Crippen molar-refractivity contribution in [3.05, 3.63) is 59.7 Å². The van der Waals surface area contributed by atoms with Crippen molar-refractivity contribution in [3.8, 4) is 11.5 Å². The molecule has 0 spiro atoms. The summed E-state index contributed by atoms with van der Waals surface area (Å²) in [6, 6.07) is 14.9. The number of carbonyl (C=O) groups is 2. The van der Waals surface area contributed by atoms with Gasteiger partial charge in [-0.3, -0.25) is 9.59 Å². The number of benzene rings is 2. The number of carboxylic acid groups (broad SMARTS) is 1. The minimum Gasteiger partial charge on any atom is -0.493 e. The molecule has 2 N–H and O–H groups in total. The van der Waals surface area contributed by atoms with E-state index < -0.39 is 11.4 Å². The molecule has 1 amide bonds. The van der Waals surface area contributed by atoms with Gasteiger partial charge in [-0.25, -0.2) is 0 Å². The predicted octanol–water partition coefficient (Wildman–Crippen LogP) is 3.57. The number of carboxylic acids is 1. The number of hydrogen-bond acceptors (Lipinski definition) is 4. The molecular formula is C23H29NO5. The number of carbonyl (C=O) groups excluding carboxylic acids is 1. The van der Waals surface area contributed by atoms with Gasteiger partial charge in [0.2, 0.25) is 5.91 Å². The van der Waals surface area contributed by atoms with Gasteiger partial charge >= 0.3 is 5.97 Å². The fourth-order valence-electron chi connectivity index (χ4n) is 3.14. The molecule has 0 aliphatic carbocycles. The molecule has 0 bridgehead atoms. The Hall–Kier alpha value is -3.02. The second-order valence-electron chi connectivity index (χ2n) is 7.49. The van der Waals surface area contributed by atoms with Gasteiger partial charge in [0.1, 0.15) is 0 Å². The summed E-state index contributed by atoms with van der Waals surface area (Å²) in [5.74, 6) is 0.0981.